The molecule has 0 saturated carbocycles. The van der Waals surface area contributed by atoms with Crippen molar-refractivity contribution in [2.24, 2.45) is 0 Å². The van der Waals surface area contributed by atoms with E-state index in [-0.39, 0.29) is 5.91 Å². The summed E-state index contributed by atoms with van der Waals surface area (Å²) in [4.78, 5) is 16.8. The van der Waals surface area contributed by atoms with Crippen LogP contribution in [0.15, 0.2) is 24.3 Å². The molecule has 1 aromatic carbocycles. The monoisotopic (exact) mass is 360 g/mol. The minimum Gasteiger partial charge on any atom is -0.340 e. The van der Waals surface area contributed by atoms with Crippen molar-refractivity contribution in [2.45, 2.75) is 33.2 Å². The molecule has 2 aromatic rings. The maximum atomic E-state index is 12.5. The summed E-state index contributed by atoms with van der Waals surface area (Å²) in [6.07, 6.45) is 1.23. The Bertz CT molecular complexity index is 735. The van der Waals surface area contributed by atoms with Crippen LogP contribution in [0.1, 0.15) is 28.9 Å². The van der Waals surface area contributed by atoms with Crippen LogP contribution in [0.4, 0.5) is 0 Å². The van der Waals surface area contributed by atoms with Crippen LogP contribution >= 0.6 is 11.6 Å². The van der Waals surface area contributed by atoms with Gasteiger partial charge in [0.25, 0.3) is 0 Å². The first-order valence-electron chi connectivity index (χ1n) is 8.78. The van der Waals surface area contributed by atoms with Crippen molar-refractivity contribution in [2.75, 3.05) is 26.2 Å². The molecule has 134 valence electrons. The molecule has 5 nitrogen and oxygen atoms in total. The van der Waals surface area contributed by atoms with Gasteiger partial charge in [-0.1, -0.05) is 23.7 Å². The van der Waals surface area contributed by atoms with Crippen molar-refractivity contribution in [1.29, 1.82) is 0 Å². The molecule has 1 saturated heterocycles. The quantitative estimate of drug-likeness (QED) is 0.891. The van der Waals surface area contributed by atoms with Crippen molar-refractivity contribution < 1.29 is 4.79 Å². The number of benzene rings is 1. The normalized spacial score (nSPS) is 15.6. The number of nitrogens with zero attached hydrogens (tertiary/aromatic N) is 3. The van der Waals surface area contributed by atoms with Crippen molar-refractivity contribution in [3.63, 3.8) is 0 Å². The smallest absolute Gasteiger partial charge is 0.223 e. The van der Waals surface area contributed by atoms with E-state index in [1.807, 2.05) is 36.9 Å². The summed E-state index contributed by atoms with van der Waals surface area (Å²) >= 11 is 6.05. The Labute approximate surface area is 154 Å². The van der Waals surface area contributed by atoms with E-state index < -0.39 is 0 Å². The molecular weight excluding hydrogens is 336 g/mol. The van der Waals surface area contributed by atoms with E-state index in [2.05, 4.69) is 21.2 Å². The zero-order valence-corrected chi connectivity index (χ0v) is 15.6. The summed E-state index contributed by atoms with van der Waals surface area (Å²) in [6, 6.07) is 7.98. The predicted octanol–water partition coefficient (Wildman–Crippen LogP) is 2.96. The minimum atomic E-state index is 0.224. The van der Waals surface area contributed by atoms with E-state index in [9.17, 15) is 4.79 Å². The van der Waals surface area contributed by atoms with Crippen molar-refractivity contribution in [1.82, 2.24) is 20.0 Å². The van der Waals surface area contributed by atoms with Crippen molar-refractivity contribution in [3.8, 4) is 0 Å². The number of aromatic amines is 1. The SMILES string of the molecule is Cc1[nH]nc(CCC(=O)N2CCN(Cc3cccc(Cl)c3)CC2)c1C. The molecule has 0 unspecified atom stereocenters. The molecule has 1 N–H and O–H groups in total. The van der Waals surface area contributed by atoms with Crippen LogP contribution in [0, 0.1) is 13.8 Å². The highest BCUT2D eigenvalue weighted by atomic mass is 35.5. The Morgan fingerprint density at radius 2 is 2.00 bits per heavy atom. The number of hydrogen-bond acceptors (Lipinski definition) is 3. The molecule has 1 aliphatic rings. The molecule has 1 fully saturated rings. The number of halogens is 1. The van der Waals surface area contributed by atoms with Gasteiger partial charge < -0.3 is 4.90 Å². The number of hydrogen-bond donors (Lipinski definition) is 1. The van der Waals surface area contributed by atoms with Crippen LogP contribution < -0.4 is 0 Å². The fraction of sp³-hybridized carbons (Fsp3) is 0.474. The van der Waals surface area contributed by atoms with Crippen LogP contribution in [-0.2, 0) is 17.8 Å². The zero-order valence-electron chi connectivity index (χ0n) is 14.9. The summed E-state index contributed by atoms with van der Waals surface area (Å²) in [5.74, 6) is 0.224. The average molecular weight is 361 g/mol. The highest BCUT2D eigenvalue weighted by Gasteiger charge is 2.21. The number of rotatable bonds is 5. The second kappa shape index (κ2) is 8.02. The number of aryl methyl sites for hydroxylation is 2. The maximum Gasteiger partial charge on any atom is 0.223 e. The molecule has 6 heteroatoms. The highest BCUT2D eigenvalue weighted by molar-refractivity contribution is 6.30. The summed E-state index contributed by atoms with van der Waals surface area (Å²) < 4.78 is 0. The topological polar surface area (TPSA) is 52.2 Å². The van der Waals surface area contributed by atoms with Gasteiger partial charge in [0.15, 0.2) is 0 Å². The number of amides is 1. The van der Waals surface area contributed by atoms with Crippen LogP contribution in [0.5, 0.6) is 0 Å². The van der Waals surface area contributed by atoms with Gasteiger partial charge in [-0.05, 0) is 37.1 Å². The van der Waals surface area contributed by atoms with Crippen LogP contribution in [0.25, 0.3) is 0 Å². The van der Waals surface area contributed by atoms with Gasteiger partial charge in [0.2, 0.25) is 5.91 Å². The van der Waals surface area contributed by atoms with Gasteiger partial charge in [0.1, 0.15) is 0 Å². The predicted molar refractivity (Wildman–Crippen MR) is 99.7 cm³/mol. The van der Waals surface area contributed by atoms with E-state index in [0.717, 1.165) is 49.1 Å². The Kier molecular flexibility index (Phi) is 5.76. The third kappa shape index (κ3) is 4.61. The lowest BCUT2D eigenvalue weighted by Crippen LogP contribution is -2.48. The van der Waals surface area contributed by atoms with Gasteiger partial charge in [-0.15, -0.1) is 0 Å². The number of carbonyl (C=O) groups is 1. The first-order valence-corrected chi connectivity index (χ1v) is 9.16. The number of nitrogens with one attached hydrogen (secondary N) is 1. The fourth-order valence-electron chi connectivity index (χ4n) is 3.21. The molecule has 0 spiro atoms. The third-order valence-electron chi connectivity index (χ3n) is 4.95. The van der Waals surface area contributed by atoms with Gasteiger partial charge in [-0.3, -0.25) is 14.8 Å². The van der Waals surface area contributed by atoms with Gasteiger partial charge in [0.05, 0.1) is 5.69 Å². The van der Waals surface area contributed by atoms with Gasteiger partial charge >= 0.3 is 0 Å². The molecule has 1 aliphatic heterocycles. The molecule has 1 amide bonds. The van der Waals surface area contributed by atoms with E-state index in [1.54, 1.807) is 0 Å². The summed E-state index contributed by atoms with van der Waals surface area (Å²) in [5.41, 5.74) is 4.47. The Hall–Kier alpha value is -1.85. The lowest BCUT2D eigenvalue weighted by atomic mass is 10.1. The molecule has 0 bridgehead atoms. The molecule has 0 radical (unpaired) electrons. The Morgan fingerprint density at radius 1 is 1.24 bits per heavy atom. The third-order valence-corrected chi connectivity index (χ3v) is 5.18. The Morgan fingerprint density at radius 3 is 2.64 bits per heavy atom. The second-order valence-electron chi connectivity index (χ2n) is 6.71. The first-order chi connectivity index (χ1) is 12.0. The number of piperazine rings is 1. The largest absolute Gasteiger partial charge is 0.340 e. The van der Waals surface area contributed by atoms with E-state index in [4.69, 9.17) is 11.6 Å². The number of H-pyrrole nitrogens is 1. The summed E-state index contributed by atoms with van der Waals surface area (Å²) in [7, 11) is 0. The number of aromatic nitrogens is 2. The summed E-state index contributed by atoms with van der Waals surface area (Å²) in [5, 5.41) is 8.04. The number of carbonyl (C=O) groups excluding carboxylic acids is 1. The second-order valence-corrected chi connectivity index (χ2v) is 7.14. The van der Waals surface area contributed by atoms with Crippen LogP contribution in [0.2, 0.25) is 5.02 Å². The standard InChI is InChI=1S/C19H25ClN4O/c1-14-15(2)21-22-18(14)6-7-19(25)24-10-8-23(9-11-24)13-16-4-3-5-17(20)12-16/h3-5,12H,6-11,13H2,1-2H3,(H,21,22). The molecule has 2 heterocycles. The van der Waals surface area contributed by atoms with Gasteiger partial charge in [-0.2, -0.15) is 5.10 Å². The fourth-order valence-corrected chi connectivity index (χ4v) is 3.42. The van der Waals surface area contributed by atoms with E-state index >= 15 is 0 Å². The van der Waals surface area contributed by atoms with Gasteiger partial charge in [0, 0.05) is 56.3 Å². The summed E-state index contributed by atoms with van der Waals surface area (Å²) in [6.45, 7) is 8.32. The Balaban J connectivity index is 1.45. The lowest BCUT2D eigenvalue weighted by molar-refractivity contribution is -0.133. The lowest BCUT2D eigenvalue weighted by Gasteiger charge is -2.34. The molecule has 0 atom stereocenters. The van der Waals surface area contributed by atoms with E-state index in [0.29, 0.717) is 12.8 Å². The molecule has 25 heavy (non-hydrogen) atoms. The molecule has 0 aliphatic carbocycles. The van der Waals surface area contributed by atoms with Crippen molar-refractivity contribution in [3.05, 3.63) is 51.8 Å². The maximum absolute atomic E-state index is 12.5. The highest BCUT2D eigenvalue weighted by Crippen LogP contribution is 2.15. The molecular formula is C19H25ClN4O. The minimum absolute atomic E-state index is 0.224. The van der Waals surface area contributed by atoms with E-state index in [1.165, 1.54) is 11.1 Å². The van der Waals surface area contributed by atoms with Gasteiger partial charge in [-0.25, -0.2) is 0 Å². The first kappa shape index (κ1) is 18.0. The average Bonchev–Trinajstić information content (AvgIpc) is 2.92. The molecule has 1 aromatic heterocycles. The zero-order chi connectivity index (χ0) is 17.8. The molecule has 3 rings (SSSR count). The van der Waals surface area contributed by atoms with Crippen LogP contribution in [-0.4, -0.2) is 52.1 Å². The van der Waals surface area contributed by atoms with Crippen molar-refractivity contribution >= 4 is 17.5 Å². The van der Waals surface area contributed by atoms with Crippen LogP contribution in [0.3, 0.4) is 0 Å².